The first-order valence-corrected chi connectivity index (χ1v) is 8.79. The van der Waals surface area contributed by atoms with E-state index in [4.69, 9.17) is 4.74 Å². The summed E-state index contributed by atoms with van der Waals surface area (Å²) in [5, 5.41) is 2.94. The number of esters is 1. The number of nitrogens with one attached hydrogen (secondary N) is 1. The molecule has 28 heavy (non-hydrogen) atoms. The first-order valence-electron chi connectivity index (χ1n) is 7.97. The Kier molecular flexibility index (Phi) is 5.95. The number of thiophene rings is 1. The van der Waals surface area contributed by atoms with E-state index < -0.39 is 31.0 Å². The number of fused-ring (bicyclic) bond motifs is 1. The summed E-state index contributed by atoms with van der Waals surface area (Å²) >= 11 is 1.23. The molecule has 9 heteroatoms. The number of imide groups is 1. The van der Waals surface area contributed by atoms with Crippen molar-refractivity contribution in [3.8, 4) is 5.75 Å². The Labute approximate surface area is 161 Å². The third-order valence-corrected chi connectivity index (χ3v) is 4.65. The molecule has 1 heterocycles. The fraction of sp³-hybridized carbons (Fsp3) is 0.105. The lowest BCUT2D eigenvalue weighted by atomic mass is 10.2. The minimum Gasteiger partial charge on any atom is -0.451 e. The lowest BCUT2D eigenvalue weighted by Crippen LogP contribution is -2.34. The van der Waals surface area contributed by atoms with Crippen LogP contribution in [0.5, 0.6) is 5.75 Å². The summed E-state index contributed by atoms with van der Waals surface area (Å²) in [7, 11) is 0. The van der Waals surface area contributed by atoms with Gasteiger partial charge >= 0.3 is 12.6 Å². The minimum absolute atomic E-state index is 0.0609. The maximum atomic E-state index is 12.1. The normalized spacial score (nSPS) is 10.7. The highest BCUT2D eigenvalue weighted by molar-refractivity contribution is 7.20. The zero-order valence-corrected chi connectivity index (χ0v) is 15.0. The fourth-order valence-electron chi connectivity index (χ4n) is 2.31. The summed E-state index contributed by atoms with van der Waals surface area (Å²) in [6, 6.07) is 13.9. The third-order valence-electron chi connectivity index (χ3n) is 3.56. The number of rotatable bonds is 6. The molecule has 0 saturated carbocycles. The van der Waals surface area contributed by atoms with Crippen LogP contribution >= 0.6 is 11.3 Å². The van der Waals surface area contributed by atoms with Gasteiger partial charge in [-0.2, -0.15) is 8.78 Å². The molecule has 0 unspecified atom stereocenters. The van der Waals surface area contributed by atoms with Gasteiger partial charge in [0, 0.05) is 10.3 Å². The van der Waals surface area contributed by atoms with Gasteiger partial charge in [-0.15, -0.1) is 11.3 Å². The number of hydrogen-bond donors (Lipinski definition) is 1. The molecule has 0 saturated heterocycles. The Morgan fingerprint density at radius 1 is 1.04 bits per heavy atom. The SMILES string of the molecule is O=C(COC(=O)c1cc2ccccc2s1)NC(=O)c1ccc(OC(F)F)cc1. The van der Waals surface area contributed by atoms with Crippen LogP contribution in [0, 0.1) is 0 Å². The predicted octanol–water partition coefficient (Wildman–Crippen LogP) is 3.62. The highest BCUT2D eigenvalue weighted by atomic mass is 32.1. The number of amides is 2. The van der Waals surface area contributed by atoms with Gasteiger partial charge in [-0.05, 0) is 41.8 Å². The van der Waals surface area contributed by atoms with Gasteiger partial charge in [-0.3, -0.25) is 14.9 Å². The molecule has 2 amide bonds. The Bertz CT molecular complexity index is 984. The molecule has 144 valence electrons. The first-order chi connectivity index (χ1) is 13.4. The van der Waals surface area contributed by atoms with Crippen LogP contribution in [0.25, 0.3) is 10.1 Å². The fourth-order valence-corrected chi connectivity index (χ4v) is 3.26. The van der Waals surface area contributed by atoms with Crippen molar-refractivity contribution in [3.05, 3.63) is 65.0 Å². The van der Waals surface area contributed by atoms with E-state index in [9.17, 15) is 23.2 Å². The van der Waals surface area contributed by atoms with Crippen LogP contribution < -0.4 is 10.1 Å². The first kappa shape index (κ1) is 19.4. The number of ether oxygens (including phenoxy) is 2. The Morgan fingerprint density at radius 2 is 1.75 bits per heavy atom. The van der Waals surface area contributed by atoms with Crippen molar-refractivity contribution < 1.29 is 32.6 Å². The van der Waals surface area contributed by atoms with Crippen LogP contribution in [0.3, 0.4) is 0 Å². The quantitative estimate of drug-likeness (QED) is 0.634. The summed E-state index contributed by atoms with van der Waals surface area (Å²) in [5.41, 5.74) is 0.0609. The molecular formula is C19H13F2NO5S. The molecule has 3 aromatic rings. The second-order valence-corrected chi connectivity index (χ2v) is 6.59. The molecule has 1 aromatic heterocycles. The lowest BCUT2D eigenvalue weighted by Gasteiger charge is -2.07. The van der Waals surface area contributed by atoms with Crippen molar-refractivity contribution in [2.45, 2.75) is 6.61 Å². The standard InChI is InChI=1S/C19H13F2NO5S/c20-19(21)27-13-7-5-11(6-8-13)17(24)22-16(23)10-26-18(25)15-9-12-3-1-2-4-14(12)28-15/h1-9,19H,10H2,(H,22,23,24). The van der Waals surface area contributed by atoms with Crippen molar-refractivity contribution in [1.29, 1.82) is 0 Å². The molecule has 0 atom stereocenters. The van der Waals surface area contributed by atoms with Gasteiger partial charge < -0.3 is 9.47 Å². The highest BCUT2D eigenvalue weighted by Gasteiger charge is 2.16. The Morgan fingerprint density at radius 3 is 2.43 bits per heavy atom. The summed E-state index contributed by atoms with van der Waals surface area (Å²) < 4.78 is 34.2. The zero-order valence-electron chi connectivity index (χ0n) is 14.2. The van der Waals surface area contributed by atoms with E-state index >= 15 is 0 Å². The van der Waals surface area contributed by atoms with Gasteiger partial charge in [0.15, 0.2) is 6.61 Å². The van der Waals surface area contributed by atoms with E-state index in [1.54, 1.807) is 6.07 Å². The number of alkyl halides is 2. The van der Waals surface area contributed by atoms with Crippen molar-refractivity contribution in [1.82, 2.24) is 5.32 Å². The minimum atomic E-state index is -2.98. The van der Waals surface area contributed by atoms with Gasteiger partial charge in [-0.1, -0.05) is 18.2 Å². The summed E-state index contributed by atoms with van der Waals surface area (Å²) in [6.45, 7) is -3.61. The molecule has 0 aliphatic rings. The molecule has 0 spiro atoms. The van der Waals surface area contributed by atoms with Crippen LogP contribution in [0.2, 0.25) is 0 Å². The molecule has 6 nitrogen and oxygen atoms in total. The average molecular weight is 405 g/mol. The zero-order chi connectivity index (χ0) is 20.1. The highest BCUT2D eigenvalue weighted by Crippen LogP contribution is 2.25. The van der Waals surface area contributed by atoms with Gasteiger partial charge in [0.05, 0.1) is 0 Å². The lowest BCUT2D eigenvalue weighted by molar-refractivity contribution is -0.123. The van der Waals surface area contributed by atoms with Crippen LogP contribution in [0.15, 0.2) is 54.6 Å². The van der Waals surface area contributed by atoms with Crippen molar-refractivity contribution in [2.24, 2.45) is 0 Å². The molecule has 0 aliphatic heterocycles. The Balaban J connectivity index is 1.52. The molecular weight excluding hydrogens is 392 g/mol. The second kappa shape index (κ2) is 8.57. The topological polar surface area (TPSA) is 81.7 Å². The van der Waals surface area contributed by atoms with Gasteiger partial charge in [0.1, 0.15) is 10.6 Å². The largest absolute Gasteiger partial charge is 0.451 e. The monoisotopic (exact) mass is 405 g/mol. The number of hydrogen-bond acceptors (Lipinski definition) is 6. The van der Waals surface area contributed by atoms with Crippen molar-refractivity contribution in [2.75, 3.05) is 6.61 Å². The number of carbonyl (C=O) groups is 3. The van der Waals surface area contributed by atoms with E-state index in [1.165, 1.54) is 35.6 Å². The molecule has 0 fully saturated rings. The summed E-state index contributed by atoms with van der Waals surface area (Å²) in [4.78, 5) is 36.2. The van der Waals surface area contributed by atoms with E-state index in [1.807, 2.05) is 29.6 Å². The van der Waals surface area contributed by atoms with Crippen LogP contribution in [-0.4, -0.2) is 31.0 Å². The number of benzene rings is 2. The smallest absolute Gasteiger partial charge is 0.387 e. The number of carbonyl (C=O) groups excluding carboxylic acids is 3. The van der Waals surface area contributed by atoms with Gasteiger partial charge in [0.25, 0.3) is 11.8 Å². The van der Waals surface area contributed by atoms with Crippen LogP contribution in [0.1, 0.15) is 20.0 Å². The van der Waals surface area contributed by atoms with E-state index in [2.05, 4.69) is 4.74 Å². The van der Waals surface area contributed by atoms with Crippen molar-refractivity contribution in [3.63, 3.8) is 0 Å². The molecule has 0 aliphatic carbocycles. The molecule has 3 rings (SSSR count). The molecule has 2 aromatic carbocycles. The van der Waals surface area contributed by atoms with Gasteiger partial charge in [0.2, 0.25) is 0 Å². The van der Waals surface area contributed by atoms with Crippen LogP contribution in [-0.2, 0) is 9.53 Å². The summed E-state index contributed by atoms with van der Waals surface area (Å²) in [6.07, 6.45) is 0. The second-order valence-electron chi connectivity index (χ2n) is 5.50. The molecule has 0 radical (unpaired) electrons. The maximum absolute atomic E-state index is 12.1. The van der Waals surface area contributed by atoms with E-state index in [0.29, 0.717) is 4.88 Å². The van der Waals surface area contributed by atoms with E-state index in [0.717, 1.165) is 10.1 Å². The maximum Gasteiger partial charge on any atom is 0.387 e. The third kappa shape index (κ3) is 4.89. The average Bonchev–Trinajstić information content (AvgIpc) is 3.10. The molecule has 1 N–H and O–H groups in total. The molecule has 0 bridgehead atoms. The van der Waals surface area contributed by atoms with Crippen LogP contribution in [0.4, 0.5) is 8.78 Å². The van der Waals surface area contributed by atoms with Crippen molar-refractivity contribution >= 4 is 39.2 Å². The van der Waals surface area contributed by atoms with E-state index in [-0.39, 0.29) is 11.3 Å². The predicted molar refractivity (Wildman–Crippen MR) is 97.7 cm³/mol. The summed E-state index contributed by atoms with van der Waals surface area (Å²) in [5.74, 6) is -2.36. The Hall–Kier alpha value is -3.33. The number of halogens is 2. The van der Waals surface area contributed by atoms with Gasteiger partial charge in [-0.25, -0.2) is 4.79 Å².